The van der Waals surface area contributed by atoms with Gasteiger partial charge in [-0.05, 0) is 6.42 Å². The van der Waals surface area contributed by atoms with E-state index in [4.69, 9.17) is 25.6 Å². The fourth-order valence-corrected chi connectivity index (χ4v) is 4.17. The first kappa shape index (κ1) is 32.0. The Morgan fingerprint density at radius 2 is 1.38 bits per heavy atom. The third-order valence-corrected chi connectivity index (χ3v) is 6.02. The summed E-state index contributed by atoms with van der Waals surface area (Å²) < 4.78 is 13.0. The van der Waals surface area contributed by atoms with E-state index in [0.29, 0.717) is 6.42 Å². The average molecular weight is 558 g/mol. The molecule has 16 heteroatoms. The number of rotatable bonds is 7. The van der Waals surface area contributed by atoms with Crippen LogP contribution in [0.1, 0.15) is 32.7 Å². The molecule has 2 saturated heterocycles. The molecule has 0 amide bonds. The van der Waals surface area contributed by atoms with E-state index in [1.165, 1.54) is 23.0 Å². The third kappa shape index (κ3) is 7.25. The van der Waals surface area contributed by atoms with Gasteiger partial charge in [0.2, 0.25) is 0 Å². The number of hydrogen-bond donors (Lipinski definition) is 7. The van der Waals surface area contributed by atoms with Gasteiger partial charge >= 0.3 is 11.4 Å². The largest absolute Gasteiger partial charge is 0.394 e. The van der Waals surface area contributed by atoms with Crippen LogP contribution in [0.25, 0.3) is 0 Å². The molecule has 2 fully saturated rings. The molecule has 2 aliphatic heterocycles. The van der Waals surface area contributed by atoms with Crippen molar-refractivity contribution in [2.75, 3.05) is 13.2 Å². The minimum atomic E-state index is -1.18. The maximum Gasteiger partial charge on any atom is 0.330 e. The van der Waals surface area contributed by atoms with Gasteiger partial charge in [-0.3, -0.25) is 33.5 Å². The Morgan fingerprint density at radius 3 is 1.82 bits per heavy atom. The van der Waals surface area contributed by atoms with E-state index < -0.39 is 78.0 Å². The lowest BCUT2D eigenvalue weighted by Crippen LogP contribution is -2.40. The third-order valence-electron chi connectivity index (χ3n) is 6.02. The predicted molar refractivity (Wildman–Crippen MR) is 135 cm³/mol. The smallest absolute Gasteiger partial charge is 0.330 e. The molecule has 0 spiro atoms. The molecule has 218 valence electrons. The number of aromatic nitrogens is 4. The second kappa shape index (κ2) is 14.8. The van der Waals surface area contributed by atoms with Crippen molar-refractivity contribution in [3.8, 4) is 0 Å². The molecule has 16 nitrogen and oxygen atoms in total. The van der Waals surface area contributed by atoms with Gasteiger partial charge in [-0.1, -0.05) is 19.9 Å². The van der Waals surface area contributed by atoms with Crippen molar-refractivity contribution >= 4 is 0 Å². The highest BCUT2D eigenvalue weighted by Gasteiger charge is 2.46. The number of hydrogen-bond acceptors (Lipinski definition) is 12. The van der Waals surface area contributed by atoms with E-state index >= 15 is 0 Å². The fourth-order valence-electron chi connectivity index (χ4n) is 4.17. The van der Waals surface area contributed by atoms with Gasteiger partial charge in [0.15, 0.2) is 12.3 Å². The van der Waals surface area contributed by atoms with Crippen LogP contribution >= 0.6 is 0 Å². The summed E-state index contributed by atoms with van der Waals surface area (Å²) in [5.74, 6) is 4.64. The maximum atomic E-state index is 11.7. The molecular weight excluding hydrogens is 522 g/mol. The molecule has 4 rings (SSSR count). The SMILES string of the molecule is C=CCC1C(O)C(CO)OC1n1ccc(=O)[nH]c1=O.CC.NOC1C(O)C(CO)OC1n1ccc(=O)[nH]c1=O. The zero-order valence-corrected chi connectivity index (χ0v) is 21.5. The molecule has 2 aromatic rings. The molecule has 2 aliphatic rings. The Balaban J connectivity index is 0.000000258. The molecular formula is C23H35N5O11. The van der Waals surface area contributed by atoms with E-state index in [1.807, 2.05) is 18.8 Å². The van der Waals surface area contributed by atoms with Gasteiger partial charge in [0, 0.05) is 30.4 Å². The van der Waals surface area contributed by atoms with E-state index in [9.17, 15) is 29.4 Å². The second-order valence-electron chi connectivity index (χ2n) is 8.30. The Morgan fingerprint density at radius 1 is 0.923 bits per heavy atom. The number of aromatic amines is 2. The van der Waals surface area contributed by atoms with Crippen LogP contribution in [0.2, 0.25) is 0 Å². The number of allylic oxidation sites excluding steroid dienone is 1. The number of aliphatic hydroxyl groups excluding tert-OH is 4. The van der Waals surface area contributed by atoms with Gasteiger partial charge in [-0.15, -0.1) is 6.58 Å². The second-order valence-corrected chi connectivity index (χ2v) is 8.30. The van der Waals surface area contributed by atoms with Crippen LogP contribution in [0.4, 0.5) is 0 Å². The van der Waals surface area contributed by atoms with Crippen LogP contribution in [-0.2, 0) is 14.3 Å². The van der Waals surface area contributed by atoms with Gasteiger partial charge in [-0.25, -0.2) is 15.5 Å². The monoisotopic (exact) mass is 557 g/mol. The van der Waals surface area contributed by atoms with Crippen LogP contribution in [0.3, 0.4) is 0 Å². The van der Waals surface area contributed by atoms with Crippen LogP contribution in [0, 0.1) is 5.92 Å². The van der Waals surface area contributed by atoms with E-state index in [-0.39, 0.29) is 6.61 Å². The summed E-state index contributed by atoms with van der Waals surface area (Å²) in [6.45, 7) is 6.81. The van der Waals surface area contributed by atoms with Crippen molar-refractivity contribution in [2.24, 2.45) is 11.8 Å². The first-order valence-corrected chi connectivity index (χ1v) is 12.1. The zero-order valence-electron chi connectivity index (χ0n) is 21.5. The highest BCUT2D eigenvalue weighted by atomic mass is 16.7. The molecule has 0 aromatic carbocycles. The number of nitrogens with zero attached hydrogens (tertiary/aromatic N) is 2. The van der Waals surface area contributed by atoms with Crippen LogP contribution in [0.5, 0.6) is 0 Å². The molecule has 8 unspecified atom stereocenters. The Hall–Kier alpha value is -3.22. The molecule has 2 aromatic heterocycles. The van der Waals surface area contributed by atoms with E-state index in [1.54, 1.807) is 6.08 Å². The summed E-state index contributed by atoms with van der Waals surface area (Å²) >= 11 is 0. The van der Waals surface area contributed by atoms with Gasteiger partial charge in [0.25, 0.3) is 11.1 Å². The fraction of sp³-hybridized carbons (Fsp3) is 0.565. The molecule has 0 bridgehead atoms. The number of H-pyrrole nitrogens is 2. The predicted octanol–water partition coefficient (Wildman–Crippen LogP) is -2.95. The van der Waals surface area contributed by atoms with Crippen LogP contribution in [-0.4, -0.2) is 83.3 Å². The van der Waals surface area contributed by atoms with E-state index in [2.05, 4.69) is 16.4 Å². The normalized spacial score (nSPS) is 29.6. The molecule has 4 heterocycles. The van der Waals surface area contributed by atoms with Crippen molar-refractivity contribution in [1.82, 2.24) is 19.1 Å². The molecule has 0 radical (unpaired) electrons. The minimum absolute atomic E-state index is 0.344. The summed E-state index contributed by atoms with van der Waals surface area (Å²) in [5, 5.41) is 37.9. The number of aliphatic hydroxyl groups is 4. The number of ether oxygens (including phenoxy) is 2. The highest BCUT2D eigenvalue weighted by Crippen LogP contribution is 2.36. The molecule has 0 aliphatic carbocycles. The molecule has 0 saturated carbocycles. The van der Waals surface area contributed by atoms with Gasteiger partial charge in [-0.2, -0.15) is 0 Å². The van der Waals surface area contributed by atoms with E-state index in [0.717, 1.165) is 10.6 Å². The number of nitrogens with two attached hydrogens (primary N) is 1. The Kier molecular flexibility index (Phi) is 12.1. The Bertz CT molecular complexity index is 1290. The standard InChI is InChI=1S/C12H16N2O5.C9H13N3O6.C2H6/c1-2-3-7-10(17)8(6-15)19-11(7)14-5-4-9(16)13-12(14)18;10-18-7-6(15)4(3-13)17-8(7)12-2-1-5(14)11-9(12)16;1-2/h2,4-5,7-8,10-11,15,17H,1,3,6H2,(H,13,16,18);1-2,4,6-8,13,15H,3,10H2,(H,11,14,16);1-2H3. The van der Waals surface area contributed by atoms with Crippen LogP contribution in [0.15, 0.2) is 56.4 Å². The summed E-state index contributed by atoms with van der Waals surface area (Å²) in [6.07, 6.45) is -1.98. The molecule has 39 heavy (non-hydrogen) atoms. The van der Waals surface area contributed by atoms with Crippen LogP contribution < -0.4 is 28.4 Å². The molecule has 8 N–H and O–H groups in total. The van der Waals surface area contributed by atoms with Crippen molar-refractivity contribution in [3.05, 3.63) is 78.9 Å². The lowest BCUT2D eigenvalue weighted by atomic mass is 9.96. The number of nitrogens with one attached hydrogen (secondary N) is 2. The van der Waals surface area contributed by atoms with Crippen molar-refractivity contribution in [1.29, 1.82) is 0 Å². The first-order valence-electron chi connectivity index (χ1n) is 12.1. The summed E-state index contributed by atoms with van der Waals surface area (Å²) in [7, 11) is 0. The summed E-state index contributed by atoms with van der Waals surface area (Å²) in [5.41, 5.74) is -2.39. The molecule has 8 atom stereocenters. The zero-order chi connectivity index (χ0) is 29.3. The summed E-state index contributed by atoms with van der Waals surface area (Å²) in [6, 6.07) is 2.32. The summed E-state index contributed by atoms with van der Waals surface area (Å²) in [4.78, 5) is 54.0. The van der Waals surface area contributed by atoms with Crippen molar-refractivity contribution in [3.63, 3.8) is 0 Å². The van der Waals surface area contributed by atoms with Crippen molar-refractivity contribution < 1.29 is 34.7 Å². The lowest BCUT2D eigenvalue weighted by Gasteiger charge is -2.20. The quantitative estimate of drug-likeness (QED) is 0.133. The highest BCUT2D eigenvalue weighted by molar-refractivity contribution is 4.95. The first-order chi connectivity index (χ1) is 18.7. The minimum Gasteiger partial charge on any atom is -0.394 e. The maximum absolute atomic E-state index is 11.7. The average Bonchev–Trinajstić information content (AvgIpc) is 3.41. The van der Waals surface area contributed by atoms with Gasteiger partial charge < -0.3 is 29.9 Å². The topological polar surface area (TPSA) is 244 Å². The van der Waals surface area contributed by atoms with Gasteiger partial charge in [0.1, 0.15) is 24.5 Å². The lowest BCUT2D eigenvalue weighted by molar-refractivity contribution is -0.0756. The Labute approximate surface area is 221 Å². The van der Waals surface area contributed by atoms with Crippen molar-refractivity contribution in [2.45, 2.75) is 63.2 Å². The van der Waals surface area contributed by atoms with Gasteiger partial charge in [0.05, 0.1) is 19.3 Å².